The molecule has 548 valence electrons. The number of fused-ring (bicyclic) bond motifs is 2. The Morgan fingerprint density at radius 2 is 1.56 bits per heavy atom. The molecule has 2 unspecified atom stereocenters. The standard InChI is InChI=1S/C73H89N13O15S2/c1-45(2)61(80-58(87)17-7-6-10-29-84-59(88)26-27-60(84)89)63(90)78-55(15-11-28-74)64(91)86(66(75)94)50-22-18-47(19-23-50)37-100-69(96)82(32-34-103(97,98)99)31-33-101-73-41-70(4)38-71(5,42-73)40-72(39-70,43-73)44-85-46(3)52(36-76-85)51-24-25-53(77-62(51)65(92)93)49-21-20-48-13-12-30-83(56(48)35-49)68(95)81-67-79-54-14-8-9-16-57(54)102-67/h8-9,14,16,18-27,35-36,45,55,61H,6-7,10-13,15,17,28-34,37-44,74H2,1-5H3,(H2,75,94)(H,78,90)(H,80,87)(H,92,93)(H,79,81,95)(H,97,98,99)/t55-,61-,70?,71?,72?,73?/m0/s1. The van der Waals surface area contributed by atoms with Gasteiger partial charge >= 0.3 is 24.1 Å². The number of aryl methyl sites for hydroxylation is 1. The number of rotatable bonds is 30. The first-order valence-corrected chi connectivity index (χ1v) is 37.3. The molecule has 10 amide bonds. The molecule has 3 aromatic carbocycles. The van der Waals surface area contributed by atoms with Gasteiger partial charge in [-0.15, -0.1) is 0 Å². The largest absolute Gasteiger partial charge is 0.476 e. The van der Waals surface area contributed by atoms with Crippen LogP contribution in [0.3, 0.4) is 0 Å². The number of aromatic nitrogens is 4. The van der Waals surface area contributed by atoms with Crippen LogP contribution in [0.25, 0.3) is 32.6 Å². The number of benzene rings is 3. The summed E-state index contributed by atoms with van der Waals surface area (Å²) in [5.74, 6) is -5.19. The van der Waals surface area contributed by atoms with E-state index in [0.29, 0.717) is 82.4 Å². The number of imide groups is 2. The molecule has 3 aromatic heterocycles. The van der Waals surface area contributed by atoms with Crippen molar-refractivity contribution in [3.05, 3.63) is 120 Å². The Hall–Kier alpha value is -9.49. The molecule has 30 heteroatoms. The van der Waals surface area contributed by atoms with Crippen LogP contribution < -0.4 is 37.2 Å². The van der Waals surface area contributed by atoms with Crippen LogP contribution in [-0.4, -0.2) is 164 Å². The quantitative estimate of drug-likeness (QED) is 0.0125. The summed E-state index contributed by atoms with van der Waals surface area (Å²) < 4.78 is 49.7. The minimum absolute atomic E-state index is 0.00132. The van der Waals surface area contributed by atoms with E-state index < -0.39 is 81.8 Å². The zero-order chi connectivity index (χ0) is 73.8. The molecule has 9 N–H and O–H groups in total. The van der Waals surface area contributed by atoms with Gasteiger partial charge in [-0.05, 0) is 166 Å². The van der Waals surface area contributed by atoms with Gasteiger partial charge in [0.05, 0.1) is 45.8 Å². The van der Waals surface area contributed by atoms with Gasteiger partial charge in [-0.3, -0.25) is 48.3 Å². The van der Waals surface area contributed by atoms with Crippen molar-refractivity contribution < 1.29 is 70.7 Å². The number of amides is 10. The number of carbonyl (C=O) groups is 9. The van der Waals surface area contributed by atoms with Crippen LogP contribution in [0.1, 0.15) is 138 Å². The third kappa shape index (κ3) is 17.4. The summed E-state index contributed by atoms with van der Waals surface area (Å²) in [6, 6.07) is 18.9. The maximum absolute atomic E-state index is 14.2. The SMILES string of the molecule is Cc1c(-c2ccc(-c3ccc4c(c3)N(C(=O)Nc3nc5ccccc5s3)CCC4)nc2C(=O)O)cnn1CC12CC3(C)CC(C)(C1)CC(OCCN(CCS(=O)(=O)O)C(=O)OCc1ccc(N(C(N)=O)C(=O)[C@H](CCCN)NC(=O)[C@@H](NC(=O)CCCCCN4C(=O)C=CC4=O)C(C)C)cc1)(C3)C2. The number of anilines is 3. The molecule has 103 heavy (non-hydrogen) atoms. The van der Waals surface area contributed by atoms with E-state index in [-0.39, 0.29) is 97.6 Å². The van der Waals surface area contributed by atoms with Gasteiger partial charge in [0.15, 0.2) is 10.8 Å². The minimum atomic E-state index is -4.54. The molecule has 28 nitrogen and oxygen atoms in total. The molecule has 2 aliphatic heterocycles. The molecule has 4 fully saturated rings. The Morgan fingerprint density at radius 1 is 0.835 bits per heavy atom. The van der Waals surface area contributed by atoms with E-state index in [1.54, 1.807) is 37.1 Å². The predicted molar refractivity (Wildman–Crippen MR) is 385 cm³/mol. The van der Waals surface area contributed by atoms with E-state index in [0.717, 1.165) is 76.2 Å². The van der Waals surface area contributed by atoms with Gasteiger partial charge in [-0.1, -0.05) is 81.9 Å². The van der Waals surface area contributed by atoms with E-state index >= 15 is 0 Å². The minimum Gasteiger partial charge on any atom is -0.476 e. The number of carbonyl (C=O) groups excluding carboxylic acids is 8. The third-order valence-corrected chi connectivity index (χ3v) is 21.9. The fraction of sp³-hybridized carbons (Fsp3) is 0.479. The van der Waals surface area contributed by atoms with Crippen LogP contribution in [0.5, 0.6) is 0 Å². The number of carboxylic acid groups (broad SMARTS) is 1. The van der Waals surface area contributed by atoms with E-state index in [1.807, 2.05) is 54.1 Å². The van der Waals surface area contributed by atoms with E-state index in [4.69, 9.17) is 31.0 Å². The lowest BCUT2D eigenvalue weighted by Gasteiger charge is -2.69. The number of unbranched alkanes of at least 4 members (excludes halogenated alkanes) is 2. The first-order chi connectivity index (χ1) is 48.9. The highest BCUT2D eigenvalue weighted by atomic mass is 32.2. The predicted octanol–water partition coefficient (Wildman–Crippen LogP) is 9.14. The van der Waals surface area contributed by atoms with Crippen LogP contribution in [0.2, 0.25) is 0 Å². The van der Waals surface area contributed by atoms with Gasteiger partial charge in [0.1, 0.15) is 18.7 Å². The number of para-hydroxylation sites is 1. The van der Waals surface area contributed by atoms with Crippen LogP contribution in [0.15, 0.2) is 97.2 Å². The van der Waals surface area contributed by atoms with Gasteiger partial charge in [-0.25, -0.2) is 34.0 Å². The number of pyridine rings is 1. The average molecular weight is 1450 g/mol. The normalized spacial score (nSPS) is 21.0. The van der Waals surface area contributed by atoms with Crippen molar-refractivity contribution in [3.8, 4) is 22.4 Å². The summed E-state index contributed by atoms with van der Waals surface area (Å²) in [6.45, 7) is 10.4. The summed E-state index contributed by atoms with van der Waals surface area (Å²) in [4.78, 5) is 133. The van der Waals surface area contributed by atoms with Crippen molar-refractivity contribution in [2.75, 3.05) is 60.2 Å². The Kier molecular flexibility index (Phi) is 22.4. The van der Waals surface area contributed by atoms with Crippen molar-refractivity contribution in [3.63, 3.8) is 0 Å². The lowest BCUT2D eigenvalue weighted by Crippen LogP contribution is -2.64. The smallest absolute Gasteiger partial charge is 0.410 e. The highest BCUT2D eigenvalue weighted by Crippen LogP contribution is 2.72. The number of aromatic carboxylic acids is 1. The summed E-state index contributed by atoms with van der Waals surface area (Å²) in [6.07, 6.45) is 11.4. The highest BCUT2D eigenvalue weighted by molar-refractivity contribution is 7.85. The number of ether oxygens (including phenoxy) is 2. The zero-order valence-corrected chi connectivity index (χ0v) is 60.1. The van der Waals surface area contributed by atoms with Gasteiger partial charge in [0, 0.05) is 79.4 Å². The molecule has 4 aliphatic carbocycles. The summed E-state index contributed by atoms with van der Waals surface area (Å²) in [5, 5.41) is 24.6. The number of nitrogens with two attached hydrogens (primary N) is 2. The van der Waals surface area contributed by atoms with Crippen molar-refractivity contribution in [1.29, 1.82) is 0 Å². The van der Waals surface area contributed by atoms with Crippen LogP contribution in [0.4, 0.5) is 30.9 Å². The Morgan fingerprint density at radius 3 is 2.24 bits per heavy atom. The second-order valence-electron chi connectivity index (χ2n) is 29.2. The summed E-state index contributed by atoms with van der Waals surface area (Å²) >= 11 is 1.40. The number of nitrogens with one attached hydrogen (secondary N) is 3. The number of thiazole rings is 1. The van der Waals surface area contributed by atoms with Crippen molar-refractivity contribution in [2.45, 2.75) is 155 Å². The molecular formula is C73H89N13O15S2. The molecule has 0 spiro atoms. The first-order valence-electron chi connectivity index (χ1n) is 34.9. The van der Waals surface area contributed by atoms with E-state index in [2.05, 4.69) is 34.8 Å². The van der Waals surface area contributed by atoms with Crippen molar-refractivity contribution in [1.82, 2.24) is 40.2 Å². The topological polar surface area (TPSA) is 391 Å². The molecule has 0 radical (unpaired) electrons. The molecule has 6 aliphatic rings. The second-order valence-corrected chi connectivity index (χ2v) is 31.8. The lowest BCUT2D eigenvalue weighted by atomic mass is 9.39. The number of carboxylic acids is 1. The Labute approximate surface area is 601 Å². The fourth-order valence-corrected chi connectivity index (χ4v) is 18.1. The number of hydrogen-bond acceptors (Lipinski definition) is 18. The maximum atomic E-state index is 14.2. The van der Waals surface area contributed by atoms with E-state index in [1.165, 1.54) is 47.8 Å². The second kappa shape index (κ2) is 30.8. The molecule has 4 bridgehead atoms. The maximum Gasteiger partial charge on any atom is 0.410 e. The van der Waals surface area contributed by atoms with Crippen LogP contribution in [-0.2, 0) is 63.1 Å². The highest BCUT2D eigenvalue weighted by Gasteiger charge is 2.66. The first kappa shape index (κ1) is 74.7. The van der Waals surface area contributed by atoms with Crippen molar-refractivity contribution >= 4 is 102 Å². The lowest BCUT2D eigenvalue weighted by molar-refractivity contribution is -0.248. The van der Waals surface area contributed by atoms with Crippen molar-refractivity contribution in [2.24, 2.45) is 33.6 Å². The molecule has 4 atom stereocenters. The van der Waals surface area contributed by atoms with Crippen LogP contribution in [0, 0.1) is 29.1 Å². The van der Waals surface area contributed by atoms with E-state index in [9.17, 15) is 61.2 Å². The molecular weight excluding hydrogens is 1360 g/mol. The molecule has 6 aromatic rings. The molecule has 0 saturated heterocycles. The summed E-state index contributed by atoms with van der Waals surface area (Å²) in [7, 11) is -4.54. The third-order valence-electron chi connectivity index (χ3n) is 20.3. The van der Waals surface area contributed by atoms with Crippen LogP contribution >= 0.6 is 11.3 Å². The summed E-state index contributed by atoms with van der Waals surface area (Å²) in [5.41, 5.74) is 16.0. The molecule has 12 rings (SSSR count). The molecule has 4 saturated carbocycles. The molecule has 5 heterocycles. The Bertz CT molecular complexity index is 4350. The fourth-order valence-electron chi connectivity index (χ4n) is 16.8. The monoisotopic (exact) mass is 1450 g/mol. The number of primary amides is 1. The van der Waals surface area contributed by atoms with Gasteiger partial charge in [0.2, 0.25) is 11.8 Å². The van der Waals surface area contributed by atoms with Gasteiger partial charge in [-0.2, -0.15) is 13.5 Å². The van der Waals surface area contributed by atoms with Gasteiger partial charge in [0.25, 0.3) is 27.8 Å². The van der Waals surface area contributed by atoms with Gasteiger partial charge < -0.3 is 41.6 Å². The number of hydrogen-bond donors (Lipinski definition) is 7. The number of urea groups is 2. The average Bonchev–Trinajstić information content (AvgIpc) is 0.753. The number of nitrogens with zero attached hydrogens (tertiary/aromatic N) is 8. The zero-order valence-electron chi connectivity index (χ0n) is 58.5. The Balaban J connectivity index is 0.715.